The average molecular weight is 731 g/mol. The Balaban J connectivity index is 1.23. The first-order chi connectivity index (χ1) is 24.7. The molecule has 2 fully saturated rings. The molecule has 4 rings (SSSR count). The summed E-state index contributed by atoms with van der Waals surface area (Å²) in [5.74, 6) is -2.29. The molecule has 0 saturated carbocycles. The molecule has 0 unspecified atom stereocenters. The van der Waals surface area contributed by atoms with Gasteiger partial charge in [0.15, 0.2) is 12.3 Å². The predicted octanol–water partition coefficient (Wildman–Crippen LogP) is 3.76. The minimum absolute atomic E-state index is 0.0474. The van der Waals surface area contributed by atoms with Crippen LogP contribution in [-0.4, -0.2) is 103 Å². The van der Waals surface area contributed by atoms with Crippen molar-refractivity contribution in [1.82, 2.24) is 9.80 Å². The first-order valence-corrected chi connectivity index (χ1v) is 17.5. The summed E-state index contributed by atoms with van der Waals surface area (Å²) in [5, 5.41) is 0. The van der Waals surface area contributed by atoms with Gasteiger partial charge < -0.3 is 47.7 Å². The van der Waals surface area contributed by atoms with Gasteiger partial charge >= 0.3 is 29.8 Å². The Morgan fingerprint density at radius 1 is 0.673 bits per heavy atom. The van der Waals surface area contributed by atoms with E-state index in [0.717, 1.165) is 5.57 Å². The largest absolute Gasteiger partial charge is 0.494 e. The molecule has 0 aromatic carbocycles. The number of hydrogen-bond acceptors (Lipinski definition) is 15. The summed E-state index contributed by atoms with van der Waals surface area (Å²) in [4.78, 5) is 62.8. The third kappa shape index (κ3) is 10.9. The highest BCUT2D eigenvalue weighted by Crippen LogP contribution is 2.35. The lowest BCUT2D eigenvalue weighted by Gasteiger charge is -2.31. The van der Waals surface area contributed by atoms with Crippen LogP contribution in [0, 0.1) is 11.8 Å². The number of nitrogens with zero attached hydrogens (tertiary/aromatic N) is 2. The second-order valence-electron chi connectivity index (χ2n) is 13.1. The van der Waals surface area contributed by atoms with Crippen molar-refractivity contribution in [2.24, 2.45) is 11.8 Å². The van der Waals surface area contributed by atoms with Crippen LogP contribution in [0.4, 0.5) is 0 Å². The number of ether oxygens (including phenoxy) is 8. The van der Waals surface area contributed by atoms with Gasteiger partial charge in [-0.2, -0.15) is 0 Å². The lowest BCUT2D eigenvalue weighted by Crippen LogP contribution is -2.40. The summed E-state index contributed by atoms with van der Waals surface area (Å²) in [7, 11) is 0. The summed E-state index contributed by atoms with van der Waals surface area (Å²) in [6, 6.07) is 0. The van der Waals surface area contributed by atoms with Gasteiger partial charge in [0.05, 0.1) is 18.8 Å². The molecule has 0 N–H and O–H groups in total. The van der Waals surface area contributed by atoms with Crippen LogP contribution >= 0.6 is 0 Å². The van der Waals surface area contributed by atoms with Crippen LogP contribution in [0.25, 0.3) is 0 Å². The maximum atomic E-state index is 12.9. The predicted molar refractivity (Wildman–Crippen MR) is 183 cm³/mol. The Morgan fingerprint density at radius 2 is 1.19 bits per heavy atom. The van der Waals surface area contributed by atoms with E-state index in [9.17, 15) is 24.0 Å². The molecule has 0 spiro atoms. The fourth-order valence-corrected chi connectivity index (χ4v) is 6.31. The highest BCUT2D eigenvalue weighted by Gasteiger charge is 2.48. The minimum Gasteiger partial charge on any atom is -0.494 e. The van der Waals surface area contributed by atoms with Gasteiger partial charge in [-0.1, -0.05) is 32.6 Å². The van der Waals surface area contributed by atoms with Crippen LogP contribution in [0.15, 0.2) is 60.4 Å². The topological polar surface area (TPSA) is 166 Å². The molecule has 4 heterocycles. The van der Waals surface area contributed by atoms with Gasteiger partial charge in [-0.3, -0.25) is 19.2 Å². The van der Waals surface area contributed by atoms with Crippen molar-refractivity contribution < 1.29 is 61.9 Å². The summed E-state index contributed by atoms with van der Waals surface area (Å²) >= 11 is 0. The minimum atomic E-state index is -0.660. The Kier molecular flexibility index (Phi) is 14.5. The highest BCUT2D eigenvalue weighted by atomic mass is 16.6. The molecule has 0 aliphatic carbocycles. The van der Waals surface area contributed by atoms with Crippen molar-refractivity contribution in [3.8, 4) is 0 Å². The third-order valence-electron chi connectivity index (χ3n) is 8.95. The Bertz CT molecular complexity index is 1470. The summed E-state index contributed by atoms with van der Waals surface area (Å²) in [6.45, 7) is 13.6. The molecule has 0 aromatic rings. The molecule has 52 heavy (non-hydrogen) atoms. The van der Waals surface area contributed by atoms with Crippen LogP contribution in [0.1, 0.15) is 67.2 Å². The summed E-state index contributed by atoms with van der Waals surface area (Å²) in [5.41, 5.74) is 1.25. The number of carbonyl (C=O) groups excluding carboxylic acids is 5. The highest BCUT2D eigenvalue weighted by molar-refractivity contribution is 5.88. The molecule has 8 atom stereocenters. The molecule has 286 valence electrons. The van der Waals surface area contributed by atoms with E-state index in [1.807, 2.05) is 38.4 Å². The zero-order valence-electron chi connectivity index (χ0n) is 30.6. The number of hydrogen-bond donors (Lipinski definition) is 0. The number of rotatable bonds is 16. The van der Waals surface area contributed by atoms with Gasteiger partial charge in [-0.25, -0.2) is 4.79 Å². The van der Waals surface area contributed by atoms with Crippen LogP contribution in [0.2, 0.25) is 0 Å². The SMILES string of the molecule is C=C(OCCCCOC(=O)C1=CN([C@@H]2O[C@H](COC(C)=O)[C@@H](OC(C)=O)[C@H]2C)C=CC1)C1=CN([C@@H]2O[C@H](COC(C)=O)[C@@H](C)[C@H]2OC(C)=O)C=CC1. The van der Waals surface area contributed by atoms with Crippen LogP contribution in [0.3, 0.4) is 0 Å². The molecule has 15 nitrogen and oxygen atoms in total. The molecule has 0 aromatic heterocycles. The number of carbonyl (C=O) groups is 5. The fourth-order valence-electron chi connectivity index (χ4n) is 6.31. The van der Waals surface area contributed by atoms with Crippen molar-refractivity contribution in [2.45, 2.75) is 104 Å². The van der Waals surface area contributed by atoms with Crippen molar-refractivity contribution in [3.63, 3.8) is 0 Å². The number of esters is 5. The van der Waals surface area contributed by atoms with E-state index in [1.54, 1.807) is 22.2 Å². The maximum absolute atomic E-state index is 12.9. The maximum Gasteiger partial charge on any atom is 0.335 e. The fraction of sp³-hybridized carbons (Fsp3) is 0.595. The standard InChI is InChI=1S/C37H50N2O13/c1-22-31(20-47-25(4)40)51-36(34(22)50-28(7)43)39-15-10-12-29(18-39)24(3)45-16-8-9-17-46-37(44)30-13-11-14-38(19-30)35-23(2)33(49-27(6)42)32(52-35)21-48-26(5)41/h10-11,14-15,18-19,22-23,31-36H,3,8-9,12-13,16-17,20-21H2,1-2,4-7H3/t22-,23-,31-,32-,33+,34-,35-,36-/m1/s1. The molecule has 4 aliphatic rings. The van der Waals surface area contributed by atoms with Crippen LogP contribution in [0.5, 0.6) is 0 Å². The van der Waals surface area contributed by atoms with E-state index in [0.29, 0.717) is 43.6 Å². The van der Waals surface area contributed by atoms with Gasteiger partial charge in [0.2, 0.25) is 0 Å². The van der Waals surface area contributed by atoms with Crippen LogP contribution < -0.4 is 0 Å². The molecule has 0 amide bonds. The molecule has 0 bridgehead atoms. The first kappa shape index (κ1) is 40.1. The summed E-state index contributed by atoms with van der Waals surface area (Å²) in [6.07, 6.45) is 9.46. The molecular formula is C37H50N2O13. The Morgan fingerprint density at radius 3 is 1.81 bits per heavy atom. The molecule has 0 radical (unpaired) electrons. The zero-order valence-corrected chi connectivity index (χ0v) is 30.6. The van der Waals surface area contributed by atoms with E-state index < -0.39 is 66.7 Å². The normalized spacial score (nSPS) is 28.0. The average Bonchev–Trinajstić information content (AvgIpc) is 3.58. The summed E-state index contributed by atoms with van der Waals surface area (Å²) < 4.78 is 45.1. The first-order valence-electron chi connectivity index (χ1n) is 17.5. The van der Waals surface area contributed by atoms with E-state index in [1.165, 1.54) is 27.7 Å². The van der Waals surface area contributed by atoms with Crippen LogP contribution in [-0.2, 0) is 61.9 Å². The Labute approximate surface area is 304 Å². The molecular weight excluding hydrogens is 680 g/mol. The van der Waals surface area contributed by atoms with Crippen molar-refractivity contribution in [1.29, 1.82) is 0 Å². The number of allylic oxidation sites excluding steroid dienone is 3. The smallest absolute Gasteiger partial charge is 0.335 e. The van der Waals surface area contributed by atoms with Gasteiger partial charge in [0.25, 0.3) is 0 Å². The zero-order chi connectivity index (χ0) is 37.9. The van der Waals surface area contributed by atoms with Crippen molar-refractivity contribution in [2.75, 3.05) is 26.4 Å². The molecule has 4 aliphatic heterocycles. The van der Waals surface area contributed by atoms with E-state index in [2.05, 4.69) is 6.58 Å². The molecule has 15 heteroatoms. The second-order valence-corrected chi connectivity index (χ2v) is 13.1. The van der Waals surface area contributed by atoms with Crippen molar-refractivity contribution in [3.05, 3.63) is 60.4 Å². The lowest BCUT2D eigenvalue weighted by atomic mass is 10.00. The van der Waals surface area contributed by atoms with Gasteiger partial charge in [-0.05, 0) is 19.3 Å². The second kappa shape index (κ2) is 18.7. The molecule has 2 saturated heterocycles. The van der Waals surface area contributed by atoms with Gasteiger partial charge in [0.1, 0.15) is 43.5 Å². The van der Waals surface area contributed by atoms with E-state index in [4.69, 9.17) is 37.9 Å². The lowest BCUT2D eigenvalue weighted by molar-refractivity contribution is -0.157. The van der Waals surface area contributed by atoms with E-state index >= 15 is 0 Å². The monoisotopic (exact) mass is 730 g/mol. The quantitative estimate of drug-likeness (QED) is 0.0975. The van der Waals surface area contributed by atoms with Gasteiger partial charge in [-0.15, -0.1) is 0 Å². The van der Waals surface area contributed by atoms with Gasteiger partial charge in [0, 0.05) is 76.3 Å². The van der Waals surface area contributed by atoms with E-state index in [-0.39, 0.29) is 31.7 Å². The number of unbranched alkanes of at least 4 members (excludes halogenated alkanes) is 1. The van der Waals surface area contributed by atoms with Crippen molar-refractivity contribution >= 4 is 29.8 Å². The Hall–Kier alpha value is -4.63. The third-order valence-corrected chi connectivity index (χ3v) is 8.95.